The largest absolute Gasteiger partial charge is 0.332 e. The monoisotopic (exact) mass is 426 g/mol. The summed E-state index contributed by atoms with van der Waals surface area (Å²) in [5.41, 5.74) is 2.32. The van der Waals surface area contributed by atoms with E-state index in [-0.39, 0.29) is 30.3 Å². The number of benzene rings is 1. The zero-order valence-electron chi connectivity index (χ0n) is 18.5. The molecule has 1 aromatic carbocycles. The van der Waals surface area contributed by atoms with Crippen molar-refractivity contribution < 1.29 is 9.59 Å². The minimum absolute atomic E-state index is 0.0181. The SMILES string of the molecule is Cc1ccsc1CN(Cc1ccccc1)C(=O)CN(C(=O)C1CCCCC1)C(C)C. The number of carbonyl (C=O) groups is 2. The van der Waals surface area contributed by atoms with Crippen LogP contribution in [-0.4, -0.2) is 34.2 Å². The molecule has 30 heavy (non-hydrogen) atoms. The van der Waals surface area contributed by atoms with E-state index in [9.17, 15) is 9.59 Å². The summed E-state index contributed by atoms with van der Waals surface area (Å²) in [5, 5.41) is 2.07. The zero-order valence-corrected chi connectivity index (χ0v) is 19.3. The molecule has 0 radical (unpaired) electrons. The average Bonchev–Trinajstić information content (AvgIpc) is 3.16. The Labute approximate surface area is 184 Å². The highest BCUT2D eigenvalue weighted by Gasteiger charge is 2.30. The number of rotatable bonds is 8. The van der Waals surface area contributed by atoms with Crippen LogP contribution >= 0.6 is 11.3 Å². The molecule has 0 atom stereocenters. The van der Waals surface area contributed by atoms with E-state index in [1.165, 1.54) is 16.9 Å². The van der Waals surface area contributed by atoms with Crippen LogP contribution in [0.15, 0.2) is 41.8 Å². The Morgan fingerprint density at radius 2 is 1.73 bits per heavy atom. The minimum Gasteiger partial charge on any atom is -0.332 e. The van der Waals surface area contributed by atoms with Crippen molar-refractivity contribution in [2.45, 2.75) is 72.0 Å². The standard InChI is InChI=1S/C25H34N2O2S/c1-19(2)27(25(29)22-12-8-5-9-13-22)18-24(28)26(16-21-10-6-4-7-11-21)17-23-20(3)14-15-30-23/h4,6-7,10-11,14-15,19,22H,5,8-9,12-13,16-18H2,1-3H3. The topological polar surface area (TPSA) is 40.6 Å². The van der Waals surface area contributed by atoms with E-state index < -0.39 is 0 Å². The third kappa shape index (κ3) is 5.94. The van der Waals surface area contributed by atoms with Gasteiger partial charge >= 0.3 is 0 Å². The first-order chi connectivity index (χ1) is 14.5. The van der Waals surface area contributed by atoms with Crippen molar-refractivity contribution >= 4 is 23.2 Å². The van der Waals surface area contributed by atoms with Gasteiger partial charge in [-0.2, -0.15) is 0 Å². The lowest BCUT2D eigenvalue weighted by Crippen LogP contribution is -2.47. The highest BCUT2D eigenvalue weighted by Crippen LogP contribution is 2.26. The first kappa shape index (κ1) is 22.5. The van der Waals surface area contributed by atoms with Crippen molar-refractivity contribution in [2.24, 2.45) is 5.92 Å². The van der Waals surface area contributed by atoms with Gasteiger partial charge in [-0.25, -0.2) is 0 Å². The molecule has 0 N–H and O–H groups in total. The highest BCUT2D eigenvalue weighted by atomic mass is 32.1. The fraction of sp³-hybridized carbons (Fsp3) is 0.520. The average molecular weight is 427 g/mol. The predicted octanol–water partition coefficient (Wildman–Crippen LogP) is 5.40. The molecule has 0 bridgehead atoms. The van der Waals surface area contributed by atoms with Gasteiger partial charge in [0.2, 0.25) is 11.8 Å². The van der Waals surface area contributed by atoms with E-state index in [1.807, 2.05) is 36.9 Å². The maximum absolute atomic E-state index is 13.4. The van der Waals surface area contributed by atoms with Gasteiger partial charge in [0.1, 0.15) is 6.54 Å². The van der Waals surface area contributed by atoms with Crippen LogP contribution in [0.25, 0.3) is 0 Å². The summed E-state index contributed by atoms with van der Waals surface area (Å²) in [5.74, 6) is 0.255. The molecule has 4 nitrogen and oxygen atoms in total. The Bertz CT molecular complexity index is 825. The number of nitrogens with zero attached hydrogens (tertiary/aromatic N) is 2. The van der Waals surface area contributed by atoms with E-state index in [0.29, 0.717) is 13.1 Å². The van der Waals surface area contributed by atoms with Gasteiger partial charge in [0, 0.05) is 23.4 Å². The second-order valence-electron chi connectivity index (χ2n) is 8.66. The van der Waals surface area contributed by atoms with Crippen molar-refractivity contribution in [3.8, 4) is 0 Å². The van der Waals surface area contributed by atoms with E-state index in [0.717, 1.165) is 31.2 Å². The highest BCUT2D eigenvalue weighted by molar-refractivity contribution is 7.10. The van der Waals surface area contributed by atoms with Crippen LogP contribution in [-0.2, 0) is 22.7 Å². The molecule has 1 fully saturated rings. The molecule has 0 spiro atoms. The summed E-state index contributed by atoms with van der Waals surface area (Å²) in [4.78, 5) is 31.5. The van der Waals surface area contributed by atoms with Gasteiger partial charge in [-0.15, -0.1) is 11.3 Å². The molecule has 1 aliphatic rings. The maximum atomic E-state index is 13.4. The Hall–Kier alpha value is -2.14. The quantitative estimate of drug-likeness (QED) is 0.567. The smallest absolute Gasteiger partial charge is 0.242 e. The summed E-state index contributed by atoms with van der Waals surface area (Å²) in [6.45, 7) is 7.41. The van der Waals surface area contributed by atoms with Gasteiger partial charge in [0.05, 0.1) is 6.54 Å². The Balaban J connectivity index is 1.75. The number of thiophene rings is 1. The molecule has 1 aliphatic carbocycles. The van der Waals surface area contributed by atoms with Crippen molar-refractivity contribution in [1.82, 2.24) is 9.80 Å². The van der Waals surface area contributed by atoms with Crippen molar-refractivity contribution in [1.29, 1.82) is 0 Å². The molecule has 3 rings (SSSR count). The molecule has 1 aromatic heterocycles. The van der Waals surface area contributed by atoms with Crippen molar-refractivity contribution in [3.63, 3.8) is 0 Å². The normalized spacial score (nSPS) is 14.7. The fourth-order valence-corrected chi connectivity index (χ4v) is 5.04. The molecular weight excluding hydrogens is 392 g/mol. The van der Waals surface area contributed by atoms with Gasteiger partial charge in [0.15, 0.2) is 0 Å². The first-order valence-electron chi connectivity index (χ1n) is 11.1. The molecule has 1 saturated carbocycles. The summed E-state index contributed by atoms with van der Waals surface area (Å²) >= 11 is 1.69. The number of amides is 2. The lowest BCUT2D eigenvalue weighted by atomic mass is 9.88. The number of aryl methyl sites for hydroxylation is 1. The van der Waals surface area contributed by atoms with E-state index in [2.05, 4.69) is 30.5 Å². The molecule has 2 amide bonds. The second kappa shape index (κ2) is 10.8. The van der Waals surface area contributed by atoms with Crippen LogP contribution in [0.1, 0.15) is 62.0 Å². The molecule has 0 unspecified atom stereocenters. The van der Waals surface area contributed by atoms with Crippen LogP contribution in [0.5, 0.6) is 0 Å². The van der Waals surface area contributed by atoms with Gasteiger partial charge < -0.3 is 9.80 Å². The lowest BCUT2D eigenvalue weighted by Gasteiger charge is -2.33. The lowest BCUT2D eigenvalue weighted by molar-refractivity contribution is -0.145. The summed E-state index contributed by atoms with van der Waals surface area (Å²) in [7, 11) is 0. The third-order valence-electron chi connectivity index (χ3n) is 6.04. The van der Waals surface area contributed by atoms with Gasteiger partial charge in [-0.1, -0.05) is 49.6 Å². The molecule has 2 aromatic rings. The fourth-order valence-electron chi connectivity index (χ4n) is 4.12. The van der Waals surface area contributed by atoms with E-state index >= 15 is 0 Å². The summed E-state index contributed by atoms with van der Waals surface area (Å²) in [6.07, 6.45) is 5.37. The Kier molecular flexibility index (Phi) is 8.08. The summed E-state index contributed by atoms with van der Waals surface area (Å²) in [6, 6.07) is 12.2. The molecule has 0 saturated heterocycles. The van der Waals surface area contributed by atoms with Crippen molar-refractivity contribution in [2.75, 3.05) is 6.54 Å². The maximum Gasteiger partial charge on any atom is 0.242 e. The minimum atomic E-state index is 0.0181. The molecule has 162 valence electrons. The van der Waals surface area contributed by atoms with E-state index in [4.69, 9.17) is 0 Å². The van der Waals surface area contributed by atoms with Crippen LogP contribution in [0.3, 0.4) is 0 Å². The summed E-state index contributed by atoms with van der Waals surface area (Å²) < 4.78 is 0. The van der Waals surface area contributed by atoms with Crippen LogP contribution < -0.4 is 0 Å². The molecule has 1 heterocycles. The first-order valence-corrected chi connectivity index (χ1v) is 12.0. The molecular formula is C25H34N2O2S. The van der Waals surface area contributed by atoms with Gasteiger partial charge in [-0.3, -0.25) is 9.59 Å². The predicted molar refractivity (Wildman–Crippen MR) is 123 cm³/mol. The van der Waals surface area contributed by atoms with Gasteiger partial charge in [-0.05, 0) is 56.2 Å². The molecule has 5 heteroatoms. The van der Waals surface area contributed by atoms with Gasteiger partial charge in [0.25, 0.3) is 0 Å². The van der Waals surface area contributed by atoms with Crippen LogP contribution in [0.2, 0.25) is 0 Å². The number of hydrogen-bond acceptors (Lipinski definition) is 3. The zero-order chi connectivity index (χ0) is 21.5. The Morgan fingerprint density at radius 1 is 1.03 bits per heavy atom. The van der Waals surface area contributed by atoms with Crippen molar-refractivity contribution in [3.05, 3.63) is 57.8 Å². The number of hydrogen-bond donors (Lipinski definition) is 0. The van der Waals surface area contributed by atoms with Crippen LogP contribution in [0.4, 0.5) is 0 Å². The Morgan fingerprint density at radius 3 is 2.33 bits per heavy atom. The van der Waals surface area contributed by atoms with Crippen LogP contribution in [0, 0.1) is 12.8 Å². The van der Waals surface area contributed by atoms with E-state index in [1.54, 1.807) is 16.2 Å². The third-order valence-corrected chi connectivity index (χ3v) is 7.05. The molecule has 0 aliphatic heterocycles. The number of carbonyl (C=O) groups excluding carboxylic acids is 2. The second-order valence-corrected chi connectivity index (χ2v) is 9.66.